The second kappa shape index (κ2) is 7.78. The Kier molecular flexibility index (Phi) is 5.75. The topological polar surface area (TPSA) is 70.6 Å². The van der Waals surface area contributed by atoms with Crippen molar-refractivity contribution >= 4 is 34.8 Å². The Morgan fingerprint density at radius 2 is 1.76 bits per heavy atom. The van der Waals surface area contributed by atoms with Gasteiger partial charge in [-0.15, -0.1) is 0 Å². The molecular weight excluding hydrogens is 290 g/mol. The normalized spacial score (nSPS) is 15.0. The minimum absolute atomic E-state index is 0.477. The van der Waals surface area contributed by atoms with Gasteiger partial charge in [0.05, 0.1) is 0 Å². The van der Waals surface area contributed by atoms with E-state index in [0.29, 0.717) is 10.7 Å². The lowest BCUT2D eigenvalue weighted by Crippen LogP contribution is -2.33. The number of amides is 2. The van der Waals surface area contributed by atoms with Crippen LogP contribution in [0.25, 0.3) is 0 Å². The fourth-order valence-electron chi connectivity index (χ4n) is 2.18. The highest BCUT2D eigenvalue weighted by Gasteiger charge is 2.14. The molecule has 0 aromatic heterocycles. The predicted octanol–water partition coefficient (Wildman–Crippen LogP) is 3.10. The van der Waals surface area contributed by atoms with Crippen molar-refractivity contribution in [2.24, 2.45) is 5.10 Å². The summed E-state index contributed by atoms with van der Waals surface area (Å²) in [6.07, 6.45) is 6.34. The number of carbonyl (C=O) groups is 2. The van der Waals surface area contributed by atoms with Gasteiger partial charge in [0.25, 0.3) is 0 Å². The number of hydrogen-bond acceptors (Lipinski definition) is 3. The Bertz CT molecular complexity index is 548. The number of nitrogens with zero attached hydrogens (tertiary/aromatic N) is 1. The van der Waals surface area contributed by atoms with Gasteiger partial charge in [-0.1, -0.05) is 30.5 Å². The maximum Gasteiger partial charge on any atom is 0.329 e. The van der Waals surface area contributed by atoms with Crippen LogP contribution in [0.1, 0.15) is 38.5 Å². The van der Waals surface area contributed by atoms with Crippen molar-refractivity contribution in [2.75, 3.05) is 5.32 Å². The Hall–Kier alpha value is -1.88. The third-order valence-electron chi connectivity index (χ3n) is 3.28. The molecule has 0 atom stereocenters. The lowest BCUT2D eigenvalue weighted by Gasteiger charge is -2.05. The molecule has 0 aliphatic heterocycles. The van der Waals surface area contributed by atoms with E-state index in [2.05, 4.69) is 15.8 Å². The summed E-state index contributed by atoms with van der Waals surface area (Å²) in [5, 5.41) is 7.02. The molecular formula is C15H18ClN3O2. The van der Waals surface area contributed by atoms with Crippen molar-refractivity contribution in [1.82, 2.24) is 5.43 Å². The standard InChI is InChI=1S/C15H18ClN3O2/c16-11-6-5-9-13(10-11)17-14(20)15(21)19-18-12-7-3-1-2-4-8-12/h5-6,9-10H,1-4,7-8H2,(H,17,20)(H,19,21). The monoisotopic (exact) mass is 307 g/mol. The number of benzene rings is 1. The summed E-state index contributed by atoms with van der Waals surface area (Å²) in [7, 11) is 0. The fraction of sp³-hybridized carbons (Fsp3) is 0.400. The molecule has 2 amide bonds. The molecule has 21 heavy (non-hydrogen) atoms. The van der Waals surface area contributed by atoms with Crippen LogP contribution in [0.4, 0.5) is 5.69 Å². The van der Waals surface area contributed by atoms with Crippen molar-refractivity contribution in [1.29, 1.82) is 0 Å². The minimum Gasteiger partial charge on any atom is -0.318 e. The number of nitrogens with one attached hydrogen (secondary N) is 2. The number of hydrogen-bond donors (Lipinski definition) is 2. The molecule has 0 radical (unpaired) electrons. The maximum atomic E-state index is 11.7. The van der Waals surface area contributed by atoms with E-state index >= 15 is 0 Å². The molecule has 1 saturated carbocycles. The first kappa shape index (κ1) is 15.5. The lowest BCUT2D eigenvalue weighted by atomic mass is 10.2. The Morgan fingerprint density at radius 1 is 1.05 bits per heavy atom. The zero-order valence-corrected chi connectivity index (χ0v) is 12.4. The van der Waals surface area contributed by atoms with Crippen molar-refractivity contribution < 1.29 is 9.59 Å². The largest absolute Gasteiger partial charge is 0.329 e. The molecule has 1 fully saturated rings. The molecule has 1 aliphatic rings. The van der Waals surface area contributed by atoms with Crippen molar-refractivity contribution in [3.05, 3.63) is 29.3 Å². The van der Waals surface area contributed by atoms with Gasteiger partial charge in [0.1, 0.15) is 0 Å². The summed E-state index contributed by atoms with van der Waals surface area (Å²) in [6.45, 7) is 0. The Morgan fingerprint density at radius 3 is 2.43 bits per heavy atom. The van der Waals surface area contributed by atoms with Gasteiger partial charge in [0.2, 0.25) is 0 Å². The average Bonchev–Trinajstić information content (AvgIpc) is 2.73. The minimum atomic E-state index is -0.772. The van der Waals surface area contributed by atoms with Gasteiger partial charge < -0.3 is 5.32 Å². The van der Waals surface area contributed by atoms with Crippen LogP contribution in [0.15, 0.2) is 29.4 Å². The third-order valence-corrected chi connectivity index (χ3v) is 3.52. The second-order valence-corrected chi connectivity index (χ2v) is 5.43. The summed E-state index contributed by atoms with van der Waals surface area (Å²) >= 11 is 5.81. The van der Waals surface area contributed by atoms with Gasteiger partial charge in [-0.25, -0.2) is 5.43 Å². The molecule has 1 aromatic carbocycles. The zero-order chi connectivity index (χ0) is 15.1. The second-order valence-electron chi connectivity index (χ2n) is 5.00. The Balaban J connectivity index is 1.87. The first-order chi connectivity index (χ1) is 10.1. The SMILES string of the molecule is O=C(NN=C1CCCCCC1)C(=O)Nc1cccc(Cl)c1. The number of halogens is 1. The van der Waals surface area contributed by atoms with E-state index in [9.17, 15) is 9.59 Å². The molecule has 112 valence electrons. The van der Waals surface area contributed by atoms with Gasteiger partial charge in [0, 0.05) is 16.4 Å². The fourth-order valence-corrected chi connectivity index (χ4v) is 2.37. The van der Waals surface area contributed by atoms with E-state index in [4.69, 9.17) is 11.6 Å². The van der Waals surface area contributed by atoms with E-state index in [0.717, 1.165) is 31.4 Å². The van der Waals surface area contributed by atoms with Gasteiger partial charge >= 0.3 is 11.8 Å². The van der Waals surface area contributed by atoms with Gasteiger partial charge in [-0.2, -0.15) is 5.10 Å². The van der Waals surface area contributed by atoms with Crippen molar-refractivity contribution in [3.8, 4) is 0 Å². The zero-order valence-electron chi connectivity index (χ0n) is 11.7. The molecule has 0 heterocycles. The van der Waals surface area contributed by atoms with Crippen LogP contribution in [0, 0.1) is 0 Å². The molecule has 2 rings (SSSR count). The molecule has 0 unspecified atom stereocenters. The third kappa shape index (κ3) is 5.19. The van der Waals surface area contributed by atoms with Crippen LogP contribution in [0.2, 0.25) is 5.02 Å². The highest BCUT2D eigenvalue weighted by Crippen LogP contribution is 2.15. The number of anilines is 1. The average molecular weight is 308 g/mol. The van der Waals surface area contributed by atoms with E-state index < -0.39 is 11.8 Å². The van der Waals surface area contributed by atoms with Crippen LogP contribution in [-0.2, 0) is 9.59 Å². The molecule has 2 N–H and O–H groups in total. The van der Waals surface area contributed by atoms with E-state index in [1.54, 1.807) is 24.3 Å². The van der Waals surface area contributed by atoms with Crippen LogP contribution in [0.5, 0.6) is 0 Å². The molecule has 0 bridgehead atoms. The number of carbonyl (C=O) groups excluding carboxylic acids is 2. The molecule has 1 aromatic rings. The first-order valence-corrected chi connectivity index (χ1v) is 7.45. The van der Waals surface area contributed by atoms with Crippen LogP contribution in [-0.4, -0.2) is 17.5 Å². The summed E-state index contributed by atoms with van der Waals surface area (Å²) in [6, 6.07) is 6.62. The highest BCUT2D eigenvalue weighted by atomic mass is 35.5. The molecule has 6 heteroatoms. The summed E-state index contributed by atoms with van der Waals surface area (Å²) in [5.41, 5.74) is 3.75. The molecule has 1 aliphatic carbocycles. The lowest BCUT2D eigenvalue weighted by molar-refractivity contribution is -0.136. The van der Waals surface area contributed by atoms with Crippen LogP contribution in [0.3, 0.4) is 0 Å². The van der Waals surface area contributed by atoms with Crippen molar-refractivity contribution in [2.45, 2.75) is 38.5 Å². The number of rotatable bonds is 2. The molecule has 0 saturated heterocycles. The number of hydrazone groups is 1. The van der Waals surface area contributed by atoms with E-state index in [1.165, 1.54) is 12.8 Å². The maximum absolute atomic E-state index is 11.7. The van der Waals surface area contributed by atoms with Gasteiger partial charge in [0.15, 0.2) is 0 Å². The first-order valence-electron chi connectivity index (χ1n) is 7.07. The van der Waals surface area contributed by atoms with Crippen molar-refractivity contribution in [3.63, 3.8) is 0 Å². The highest BCUT2D eigenvalue weighted by molar-refractivity contribution is 6.39. The predicted molar refractivity (Wildman–Crippen MR) is 83.4 cm³/mol. The van der Waals surface area contributed by atoms with E-state index in [-0.39, 0.29) is 0 Å². The smallest absolute Gasteiger partial charge is 0.318 e. The van der Waals surface area contributed by atoms with Crippen LogP contribution >= 0.6 is 11.6 Å². The van der Waals surface area contributed by atoms with Gasteiger partial charge in [-0.3, -0.25) is 9.59 Å². The molecule has 0 spiro atoms. The van der Waals surface area contributed by atoms with E-state index in [1.807, 2.05) is 0 Å². The summed E-state index contributed by atoms with van der Waals surface area (Å²) < 4.78 is 0. The summed E-state index contributed by atoms with van der Waals surface area (Å²) in [4.78, 5) is 23.4. The summed E-state index contributed by atoms with van der Waals surface area (Å²) in [5.74, 6) is -1.53. The van der Waals surface area contributed by atoms with Crippen LogP contribution < -0.4 is 10.7 Å². The Labute approximate surface area is 128 Å². The molecule has 5 nitrogen and oxygen atoms in total. The quantitative estimate of drug-likeness (QED) is 0.501. The van der Waals surface area contributed by atoms with Gasteiger partial charge in [-0.05, 0) is 43.9 Å².